The molecule has 0 aliphatic carbocycles. The number of aromatic nitrogens is 2. The van der Waals surface area contributed by atoms with Gasteiger partial charge in [0.1, 0.15) is 6.10 Å². The van der Waals surface area contributed by atoms with Crippen molar-refractivity contribution in [3.8, 4) is 0 Å². The third-order valence-corrected chi connectivity index (χ3v) is 5.44. The fourth-order valence-electron chi connectivity index (χ4n) is 3.74. The Kier molecular flexibility index (Phi) is 6.49. The van der Waals surface area contributed by atoms with Crippen molar-refractivity contribution in [2.75, 3.05) is 40.3 Å². The first-order chi connectivity index (χ1) is 12.9. The predicted molar refractivity (Wildman–Crippen MR) is 101 cm³/mol. The normalized spacial score (nSPS) is 18.4. The first-order valence-corrected chi connectivity index (χ1v) is 9.89. The molecular formula is C19H31N5O3. The van der Waals surface area contributed by atoms with Gasteiger partial charge in [-0.1, -0.05) is 0 Å². The predicted octanol–water partition coefficient (Wildman–Crippen LogP) is 0.613. The van der Waals surface area contributed by atoms with Crippen LogP contribution in [0.3, 0.4) is 0 Å². The summed E-state index contributed by atoms with van der Waals surface area (Å²) in [4.78, 5) is 30.1. The number of aliphatic hydroxyl groups excluding tert-OH is 1. The Morgan fingerprint density at radius 3 is 2.67 bits per heavy atom. The van der Waals surface area contributed by atoms with Gasteiger partial charge in [0, 0.05) is 27.1 Å². The summed E-state index contributed by atoms with van der Waals surface area (Å²) in [5, 5.41) is 14.7. The lowest BCUT2D eigenvalue weighted by molar-refractivity contribution is -0.133. The smallest absolute Gasteiger partial charge is 0.225 e. The van der Waals surface area contributed by atoms with E-state index < -0.39 is 6.10 Å². The molecule has 2 aliphatic rings. The SMILES string of the molecule is CN(C)C(=O)C[C@@H](O)c1cc2n(n1)CCN(C(=O)CCCN1CCCC1)C2. The molecule has 8 heteroatoms. The van der Waals surface area contributed by atoms with E-state index in [1.807, 2.05) is 15.6 Å². The number of hydrogen-bond acceptors (Lipinski definition) is 5. The number of amides is 2. The van der Waals surface area contributed by atoms with Crippen molar-refractivity contribution in [3.63, 3.8) is 0 Å². The van der Waals surface area contributed by atoms with Gasteiger partial charge in [0.25, 0.3) is 0 Å². The number of fused-ring (bicyclic) bond motifs is 1. The van der Waals surface area contributed by atoms with Crippen LogP contribution >= 0.6 is 0 Å². The molecule has 0 aromatic carbocycles. The zero-order valence-electron chi connectivity index (χ0n) is 16.4. The minimum atomic E-state index is -0.914. The summed E-state index contributed by atoms with van der Waals surface area (Å²) in [7, 11) is 3.33. The van der Waals surface area contributed by atoms with Gasteiger partial charge in [0.05, 0.1) is 30.9 Å². The van der Waals surface area contributed by atoms with Crippen molar-refractivity contribution in [2.24, 2.45) is 0 Å². The highest BCUT2D eigenvalue weighted by atomic mass is 16.3. The van der Waals surface area contributed by atoms with Gasteiger partial charge in [0.15, 0.2) is 0 Å². The van der Waals surface area contributed by atoms with Crippen molar-refractivity contribution in [1.29, 1.82) is 0 Å². The zero-order valence-corrected chi connectivity index (χ0v) is 16.4. The van der Waals surface area contributed by atoms with E-state index >= 15 is 0 Å². The van der Waals surface area contributed by atoms with E-state index in [1.165, 1.54) is 30.8 Å². The molecule has 1 fully saturated rings. The lowest BCUT2D eigenvalue weighted by Crippen LogP contribution is -2.38. The molecule has 1 aromatic rings. The summed E-state index contributed by atoms with van der Waals surface area (Å²) < 4.78 is 1.84. The molecule has 1 atom stereocenters. The second kappa shape index (κ2) is 8.84. The highest BCUT2D eigenvalue weighted by Crippen LogP contribution is 2.21. The molecule has 2 amide bonds. The van der Waals surface area contributed by atoms with E-state index in [1.54, 1.807) is 14.1 Å². The van der Waals surface area contributed by atoms with Crippen LogP contribution in [0.4, 0.5) is 0 Å². The standard InChI is InChI=1S/C19H31N5O3/c1-21(2)19(27)13-17(25)16-12-15-14-23(10-11-24(15)20-16)18(26)6-5-9-22-7-3-4-8-22/h12,17,25H,3-11,13-14H2,1-2H3/t17-/m1/s1. The Balaban J connectivity index is 1.50. The Labute approximate surface area is 160 Å². The maximum Gasteiger partial charge on any atom is 0.225 e. The van der Waals surface area contributed by atoms with Crippen molar-refractivity contribution in [1.82, 2.24) is 24.5 Å². The minimum absolute atomic E-state index is 0.0165. The lowest BCUT2D eigenvalue weighted by Gasteiger charge is -2.28. The summed E-state index contributed by atoms with van der Waals surface area (Å²) >= 11 is 0. The van der Waals surface area contributed by atoms with Crippen molar-refractivity contribution in [2.45, 2.75) is 51.3 Å². The quantitative estimate of drug-likeness (QED) is 0.753. The fourth-order valence-corrected chi connectivity index (χ4v) is 3.74. The first-order valence-electron chi connectivity index (χ1n) is 9.89. The van der Waals surface area contributed by atoms with Crippen LogP contribution < -0.4 is 0 Å². The topological polar surface area (TPSA) is 81.9 Å². The van der Waals surface area contributed by atoms with Crippen LogP contribution in [-0.2, 0) is 22.7 Å². The van der Waals surface area contributed by atoms with Crippen LogP contribution in [0.15, 0.2) is 6.07 Å². The molecule has 150 valence electrons. The highest BCUT2D eigenvalue weighted by Gasteiger charge is 2.25. The lowest BCUT2D eigenvalue weighted by atomic mass is 10.1. The van der Waals surface area contributed by atoms with Gasteiger partial charge in [-0.3, -0.25) is 14.3 Å². The molecule has 0 spiro atoms. The number of rotatable bonds is 7. The number of hydrogen-bond donors (Lipinski definition) is 1. The summed E-state index contributed by atoms with van der Waals surface area (Å²) in [5.41, 5.74) is 1.42. The molecule has 3 heterocycles. The highest BCUT2D eigenvalue weighted by molar-refractivity contribution is 5.76. The van der Waals surface area contributed by atoms with Gasteiger partial charge in [-0.25, -0.2) is 0 Å². The first kappa shape index (κ1) is 19.8. The van der Waals surface area contributed by atoms with Gasteiger partial charge in [-0.2, -0.15) is 5.10 Å². The molecule has 27 heavy (non-hydrogen) atoms. The van der Waals surface area contributed by atoms with E-state index in [-0.39, 0.29) is 18.2 Å². The minimum Gasteiger partial charge on any atom is -0.386 e. The van der Waals surface area contributed by atoms with Crippen molar-refractivity contribution < 1.29 is 14.7 Å². The van der Waals surface area contributed by atoms with Gasteiger partial charge in [-0.05, 0) is 45.0 Å². The molecule has 8 nitrogen and oxygen atoms in total. The molecule has 3 rings (SSSR count). The molecule has 1 saturated heterocycles. The van der Waals surface area contributed by atoms with Gasteiger partial charge in [-0.15, -0.1) is 0 Å². The van der Waals surface area contributed by atoms with Crippen molar-refractivity contribution in [3.05, 3.63) is 17.5 Å². The van der Waals surface area contributed by atoms with E-state index in [0.29, 0.717) is 31.7 Å². The average molecular weight is 377 g/mol. The third kappa shape index (κ3) is 5.07. The molecule has 0 bridgehead atoms. The number of nitrogens with zero attached hydrogens (tertiary/aromatic N) is 5. The van der Waals surface area contributed by atoms with Crippen LogP contribution in [0.1, 0.15) is 49.6 Å². The molecule has 0 radical (unpaired) electrons. The van der Waals surface area contributed by atoms with E-state index in [4.69, 9.17) is 0 Å². The monoisotopic (exact) mass is 377 g/mol. The average Bonchev–Trinajstić information content (AvgIpc) is 3.30. The van der Waals surface area contributed by atoms with E-state index in [9.17, 15) is 14.7 Å². The Morgan fingerprint density at radius 1 is 1.22 bits per heavy atom. The number of carbonyl (C=O) groups is 2. The summed E-state index contributed by atoms with van der Waals surface area (Å²) in [5.74, 6) is 0.0507. The maximum atomic E-state index is 12.5. The van der Waals surface area contributed by atoms with E-state index in [0.717, 1.165) is 18.7 Å². The van der Waals surface area contributed by atoms with Crippen LogP contribution in [0.25, 0.3) is 0 Å². The molecule has 1 N–H and O–H groups in total. The Bertz CT molecular complexity index is 666. The molecule has 0 unspecified atom stereocenters. The maximum absolute atomic E-state index is 12.5. The largest absolute Gasteiger partial charge is 0.386 e. The molecule has 1 aromatic heterocycles. The van der Waals surface area contributed by atoms with Crippen LogP contribution in [0.2, 0.25) is 0 Å². The summed E-state index contributed by atoms with van der Waals surface area (Å²) in [6, 6.07) is 1.82. The number of carbonyl (C=O) groups excluding carboxylic acids is 2. The fraction of sp³-hybridized carbons (Fsp3) is 0.737. The zero-order chi connectivity index (χ0) is 19.4. The summed E-state index contributed by atoms with van der Waals surface area (Å²) in [6.45, 7) is 5.12. The van der Waals surface area contributed by atoms with Crippen LogP contribution in [-0.4, -0.2) is 81.7 Å². The van der Waals surface area contributed by atoms with Gasteiger partial charge >= 0.3 is 0 Å². The van der Waals surface area contributed by atoms with Crippen LogP contribution in [0, 0.1) is 0 Å². The van der Waals surface area contributed by atoms with Gasteiger partial charge < -0.3 is 19.8 Å². The second-order valence-electron chi connectivity index (χ2n) is 7.76. The van der Waals surface area contributed by atoms with Crippen LogP contribution in [0.5, 0.6) is 0 Å². The number of aliphatic hydroxyl groups is 1. The Hall–Kier alpha value is -1.93. The molecule has 0 saturated carbocycles. The third-order valence-electron chi connectivity index (χ3n) is 5.44. The molecule has 2 aliphatic heterocycles. The van der Waals surface area contributed by atoms with Crippen molar-refractivity contribution >= 4 is 11.8 Å². The summed E-state index contributed by atoms with van der Waals surface area (Å²) in [6.07, 6.45) is 3.14. The second-order valence-corrected chi connectivity index (χ2v) is 7.76. The Morgan fingerprint density at radius 2 is 1.96 bits per heavy atom. The van der Waals surface area contributed by atoms with Gasteiger partial charge in [0.2, 0.25) is 11.8 Å². The molecular weight excluding hydrogens is 346 g/mol. The van der Waals surface area contributed by atoms with E-state index in [2.05, 4.69) is 10.00 Å². The number of likely N-dealkylation sites (tertiary alicyclic amines) is 1.